The van der Waals surface area contributed by atoms with Gasteiger partial charge in [-0.3, -0.25) is 14.5 Å². The lowest BCUT2D eigenvalue weighted by Gasteiger charge is -2.31. The van der Waals surface area contributed by atoms with Crippen molar-refractivity contribution in [2.24, 2.45) is 5.92 Å². The third-order valence-electron chi connectivity index (χ3n) is 7.00. The van der Waals surface area contributed by atoms with Crippen LogP contribution in [0.4, 0.5) is 9.18 Å². The summed E-state index contributed by atoms with van der Waals surface area (Å²) in [5.74, 6) is -1.87. The molecule has 4 amide bonds. The van der Waals surface area contributed by atoms with Gasteiger partial charge in [-0.15, -0.1) is 0 Å². The zero-order valence-electron chi connectivity index (χ0n) is 18.8. The molecule has 184 valence electrons. The van der Waals surface area contributed by atoms with E-state index < -0.39 is 45.5 Å². The van der Waals surface area contributed by atoms with Gasteiger partial charge in [0, 0.05) is 22.6 Å². The Bertz CT molecular complexity index is 1350. The lowest BCUT2D eigenvalue weighted by atomic mass is 9.92. The lowest BCUT2D eigenvalue weighted by Crippen LogP contribution is -2.48. The summed E-state index contributed by atoms with van der Waals surface area (Å²) in [5, 5.41) is 2.56. The Morgan fingerprint density at radius 2 is 1.91 bits per heavy atom. The molecule has 1 saturated carbocycles. The molecule has 2 fully saturated rings. The minimum Gasteiger partial charge on any atom is -0.334 e. The highest BCUT2D eigenvalue weighted by Gasteiger charge is 2.60. The summed E-state index contributed by atoms with van der Waals surface area (Å²) in [6.07, 6.45) is 1.95. The van der Waals surface area contributed by atoms with Gasteiger partial charge in [-0.2, -0.15) is 0 Å². The Kier molecular flexibility index (Phi) is 5.75. The van der Waals surface area contributed by atoms with Gasteiger partial charge >= 0.3 is 6.03 Å². The molecular formula is C24H23BrFN3O5S. The van der Waals surface area contributed by atoms with E-state index in [0.717, 1.165) is 23.3 Å². The molecule has 0 aromatic heterocycles. The summed E-state index contributed by atoms with van der Waals surface area (Å²) >= 11 is 3.24. The second-order valence-electron chi connectivity index (χ2n) is 9.35. The second-order valence-corrected chi connectivity index (χ2v) is 12.2. The van der Waals surface area contributed by atoms with Gasteiger partial charge in [0.25, 0.3) is 5.91 Å². The molecular weight excluding hydrogens is 541 g/mol. The number of benzene rings is 2. The summed E-state index contributed by atoms with van der Waals surface area (Å²) in [4.78, 5) is 42.2. The zero-order chi connectivity index (χ0) is 25.1. The molecule has 2 heterocycles. The highest BCUT2D eigenvalue weighted by atomic mass is 79.9. The Morgan fingerprint density at radius 1 is 1.23 bits per heavy atom. The van der Waals surface area contributed by atoms with Gasteiger partial charge in [-0.05, 0) is 55.5 Å². The van der Waals surface area contributed by atoms with Crippen LogP contribution in [0.3, 0.4) is 0 Å². The van der Waals surface area contributed by atoms with E-state index in [2.05, 4.69) is 21.2 Å². The number of carbonyl (C=O) groups excluding carboxylic acids is 3. The monoisotopic (exact) mass is 563 g/mol. The Morgan fingerprint density at radius 3 is 2.57 bits per heavy atom. The highest BCUT2D eigenvalue weighted by Crippen LogP contribution is 2.43. The van der Waals surface area contributed by atoms with Crippen LogP contribution in [0.15, 0.2) is 51.8 Å². The maximum absolute atomic E-state index is 13.5. The number of nitrogens with zero attached hydrogens (tertiary/aromatic N) is 2. The summed E-state index contributed by atoms with van der Waals surface area (Å²) in [7, 11) is -3.82. The van der Waals surface area contributed by atoms with Gasteiger partial charge in [0.2, 0.25) is 5.91 Å². The number of amides is 4. The standard InChI is InChI=1S/C24H23BrFN3O5S/c1-14(16-4-5-16)28(11-15-2-7-18(26)8-3-15)21(30)12-29-22(31)24(27-23(29)32)13-35(33,34)20-10-17(25)6-9-19(20)24/h2-3,6-10,14,16H,4-5,11-13H2,1H3,(H,27,32)/t14-,24?/m0/s1. The number of fused-ring (bicyclic) bond motifs is 2. The molecule has 0 bridgehead atoms. The van der Waals surface area contributed by atoms with E-state index in [-0.39, 0.29) is 28.9 Å². The first-order chi connectivity index (χ1) is 16.5. The minimum atomic E-state index is -3.82. The Labute approximate surface area is 210 Å². The number of nitrogens with one attached hydrogen (secondary N) is 1. The molecule has 1 N–H and O–H groups in total. The number of imide groups is 1. The summed E-state index contributed by atoms with van der Waals surface area (Å²) in [6.45, 7) is 1.61. The molecule has 1 saturated heterocycles. The minimum absolute atomic E-state index is 0.0195. The van der Waals surface area contributed by atoms with Crippen LogP contribution in [-0.4, -0.2) is 54.4 Å². The molecule has 2 atom stereocenters. The van der Waals surface area contributed by atoms with Gasteiger partial charge in [-0.1, -0.05) is 34.1 Å². The van der Waals surface area contributed by atoms with Crippen molar-refractivity contribution in [3.05, 3.63) is 63.9 Å². The lowest BCUT2D eigenvalue weighted by molar-refractivity contribution is -0.140. The molecule has 3 aliphatic rings. The second kappa shape index (κ2) is 8.41. The quantitative estimate of drug-likeness (QED) is 0.544. The SMILES string of the molecule is C[C@@H](C1CC1)N(Cc1ccc(F)cc1)C(=O)CN1C(=O)NC2(CS(=O)(=O)c3cc(Br)ccc32)C1=O. The van der Waals surface area contributed by atoms with Crippen molar-refractivity contribution in [1.82, 2.24) is 15.1 Å². The average molecular weight is 564 g/mol. The van der Waals surface area contributed by atoms with E-state index in [1.807, 2.05) is 6.92 Å². The smallest absolute Gasteiger partial charge is 0.325 e. The van der Waals surface area contributed by atoms with Crippen LogP contribution in [-0.2, 0) is 31.5 Å². The molecule has 5 rings (SSSR count). The van der Waals surface area contributed by atoms with Crippen molar-refractivity contribution in [2.75, 3.05) is 12.3 Å². The first-order valence-electron chi connectivity index (χ1n) is 11.2. The van der Waals surface area contributed by atoms with E-state index in [1.165, 1.54) is 24.3 Å². The number of hydrogen-bond donors (Lipinski definition) is 1. The first kappa shape index (κ1) is 23.9. The molecule has 1 unspecified atom stereocenters. The maximum atomic E-state index is 13.5. The van der Waals surface area contributed by atoms with E-state index in [4.69, 9.17) is 0 Å². The predicted molar refractivity (Wildman–Crippen MR) is 127 cm³/mol. The number of hydrogen-bond acceptors (Lipinski definition) is 5. The van der Waals surface area contributed by atoms with Crippen LogP contribution in [0.1, 0.15) is 30.9 Å². The van der Waals surface area contributed by atoms with Gasteiger partial charge in [0.05, 0.1) is 10.6 Å². The predicted octanol–water partition coefficient (Wildman–Crippen LogP) is 2.95. The number of urea groups is 1. The number of sulfone groups is 1. The molecule has 2 aliphatic heterocycles. The Hall–Kier alpha value is -2.79. The zero-order valence-corrected chi connectivity index (χ0v) is 21.2. The summed E-state index contributed by atoms with van der Waals surface area (Å²) < 4.78 is 39.5. The van der Waals surface area contributed by atoms with Crippen molar-refractivity contribution < 1.29 is 27.2 Å². The van der Waals surface area contributed by atoms with E-state index in [0.29, 0.717) is 10.4 Å². The van der Waals surface area contributed by atoms with E-state index in [1.54, 1.807) is 23.1 Å². The molecule has 2 aromatic carbocycles. The van der Waals surface area contributed by atoms with Crippen LogP contribution in [0.2, 0.25) is 0 Å². The molecule has 8 nitrogen and oxygen atoms in total. The molecule has 1 spiro atoms. The third-order valence-corrected chi connectivity index (χ3v) is 9.31. The molecule has 1 aliphatic carbocycles. The van der Waals surface area contributed by atoms with Crippen molar-refractivity contribution in [3.8, 4) is 0 Å². The number of rotatable bonds is 6. The van der Waals surface area contributed by atoms with Gasteiger partial charge < -0.3 is 10.2 Å². The Balaban J connectivity index is 1.41. The van der Waals surface area contributed by atoms with Crippen LogP contribution < -0.4 is 5.32 Å². The first-order valence-corrected chi connectivity index (χ1v) is 13.7. The fraction of sp³-hybridized carbons (Fsp3) is 0.375. The summed E-state index contributed by atoms with van der Waals surface area (Å²) in [6, 6.07) is 9.40. The number of halogens is 2. The molecule has 0 radical (unpaired) electrons. The fourth-order valence-electron chi connectivity index (χ4n) is 4.90. The molecule has 11 heteroatoms. The van der Waals surface area contributed by atoms with Gasteiger partial charge in [0.1, 0.15) is 12.4 Å². The van der Waals surface area contributed by atoms with Crippen LogP contribution in [0.25, 0.3) is 0 Å². The maximum Gasteiger partial charge on any atom is 0.325 e. The van der Waals surface area contributed by atoms with Crippen molar-refractivity contribution in [3.63, 3.8) is 0 Å². The fourth-order valence-corrected chi connectivity index (χ4v) is 7.37. The van der Waals surface area contributed by atoms with E-state index in [9.17, 15) is 27.2 Å². The van der Waals surface area contributed by atoms with Gasteiger partial charge in [0.15, 0.2) is 15.4 Å². The van der Waals surface area contributed by atoms with Crippen molar-refractivity contribution >= 4 is 43.6 Å². The van der Waals surface area contributed by atoms with Gasteiger partial charge in [-0.25, -0.2) is 17.6 Å². The largest absolute Gasteiger partial charge is 0.334 e. The van der Waals surface area contributed by atoms with E-state index >= 15 is 0 Å². The molecule has 35 heavy (non-hydrogen) atoms. The van der Waals surface area contributed by atoms with Crippen LogP contribution in [0.5, 0.6) is 0 Å². The average Bonchev–Trinajstić information content (AvgIpc) is 3.59. The topological polar surface area (TPSA) is 104 Å². The van der Waals surface area contributed by atoms with Crippen molar-refractivity contribution in [2.45, 2.75) is 42.8 Å². The number of carbonyl (C=O) groups is 3. The van der Waals surface area contributed by atoms with Crippen LogP contribution >= 0.6 is 15.9 Å². The van der Waals surface area contributed by atoms with Crippen LogP contribution in [0, 0.1) is 11.7 Å². The highest BCUT2D eigenvalue weighted by molar-refractivity contribution is 9.10. The van der Waals surface area contributed by atoms with Crippen molar-refractivity contribution in [1.29, 1.82) is 0 Å². The third kappa shape index (κ3) is 4.14. The molecule has 2 aromatic rings. The summed E-state index contributed by atoms with van der Waals surface area (Å²) in [5.41, 5.74) is -0.832. The normalized spacial score (nSPS) is 23.3.